The molecule has 2 nitrogen and oxygen atoms in total. The minimum Gasteiger partial charge on any atom is -0.314 e. The van der Waals surface area contributed by atoms with E-state index in [9.17, 15) is 4.39 Å². The second-order valence-corrected chi connectivity index (χ2v) is 6.03. The molecule has 0 spiro atoms. The highest BCUT2D eigenvalue weighted by atomic mass is 79.9. The molecule has 2 rings (SSSR count). The first-order chi connectivity index (χ1) is 9.22. The van der Waals surface area contributed by atoms with E-state index in [0.717, 1.165) is 55.5 Å². The molecular formula is C15H23BrClFN2. The standard InChI is InChI=1S/C15H22BrFN2.ClH/c1-2-3-4-15(19-9-7-18-8-10-19)13-11-12(16)5-6-14(13)17;/h5-6,11,15,18H,2-4,7-10H2,1H3;1H/t15-;/m0./s1. The first-order valence-corrected chi connectivity index (χ1v) is 7.91. The van der Waals surface area contributed by atoms with E-state index in [1.165, 1.54) is 0 Å². The quantitative estimate of drug-likeness (QED) is 0.843. The van der Waals surface area contributed by atoms with Crippen LogP contribution in [0.15, 0.2) is 22.7 Å². The van der Waals surface area contributed by atoms with Crippen molar-refractivity contribution >= 4 is 28.3 Å². The Labute approximate surface area is 135 Å². The number of nitrogens with one attached hydrogen (secondary N) is 1. The number of unbranched alkanes of at least 4 members (excludes halogenated alkanes) is 1. The van der Waals surface area contributed by atoms with Crippen LogP contribution in [0.1, 0.15) is 37.8 Å². The molecule has 20 heavy (non-hydrogen) atoms. The number of nitrogens with zero attached hydrogens (tertiary/aromatic N) is 1. The molecule has 1 heterocycles. The first-order valence-electron chi connectivity index (χ1n) is 7.12. The third kappa shape index (κ3) is 4.69. The van der Waals surface area contributed by atoms with E-state index in [0.29, 0.717) is 0 Å². The second kappa shape index (κ2) is 8.98. The molecule has 1 aliphatic rings. The summed E-state index contributed by atoms with van der Waals surface area (Å²) in [4.78, 5) is 2.41. The second-order valence-electron chi connectivity index (χ2n) is 5.11. The lowest BCUT2D eigenvalue weighted by Crippen LogP contribution is -2.45. The fourth-order valence-corrected chi connectivity index (χ4v) is 3.07. The van der Waals surface area contributed by atoms with Crippen molar-refractivity contribution in [2.75, 3.05) is 26.2 Å². The molecule has 1 fully saturated rings. The molecule has 0 amide bonds. The van der Waals surface area contributed by atoms with Crippen LogP contribution < -0.4 is 5.32 Å². The highest BCUT2D eigenvalue weighted by Gasteiger charge is 2.24. The predicted molar refractivity (Wildman–Crippen MR) is 88.1 cm³/mol. The van der Waals surface area contributed by atoms with E-state index in [1.807, 2.05) is 6.07 Å². The molecule has 0 radical (unpaired) electrons. The van der Waals surface area contributed by atoms with Gasteiger partial charge in [0.05, 0.1) is 0 Å². The number of benzene rings is 1. The Morgan fingerprint density at radius 3 is 2.70 bits per heavy atom. The van der Waals surface area contributed by atoms with Gasteiger partial charge < -0.3 is 5.32 Å². The van der Waals surface area contributed by atoms with Gasteiger partial charge in [0.25, 0.3) is 0 Å². The lowest BCUT2D eigenvalue weighted by molar-refractivity contribution is 0.160. The summed E-state index contributed by atoms with van der Waals surface area (Å²) in [6.07, 6.45) is 3.32. The zero-order valence-electron chi connectivity index (χ0n) is 11.9. The largest absolute Gasteiger partial charge is 0.314 e. The highest BCUT2D eigenvalue weighted by molar-refractivity contribution is 9.10. The van der Waals surface area contributed by atoms with E-state index in [2.05, 4.69) is 33.1 Å². The number of hydrogen-bond acceptors (Lipinski definition) is 2. The van der Waals surface area contributed by atoms with E-state index >= 15 is 0 Å². The zero-order valence-corrected chi connectivity index (χ0v) is 14.3. The third-order valence-electron chi connectivity index (χ3n) is 3.74. The van der Waals surface area contributed by atoms with E-state index < -0.39 is 0 Å². The van der Waals surface area contributed by atoms with Gasteiger partial charge in [-0.25, -0.2) is 4.39 Å². The Morgan fingerprint density at radius 1 is 1.35 bits per heavy atom. The minimum absolute atomic E-state index is 0. The molecule has 0 aromatic heterocycles. The van der Waals surface area contributed by atoms with Crippen molar-refractivity contribution in [2.45, 2.75) is 32.2 Å². The number of hydrogen-bond donors (Lipinski definition) is 1. The fraction of sp³-hybridized carbons (Fsp3) is 0.600. The summed E-state index contributed by atoms with van der Waals surface area (Å²) in [5, 5.41) is 3.36. The summed E-state index contributed by atoms with van der Waals surface area (Å²) in [6, 6.07) is 5.49. The summed E-state index contributed by atoms with van der Waals surface area (Å²) < 4.78 is 15.1. The monoisotopic (exact) mass is 364 g/mol. The summed E-state index contributed by atoms with van der Waals surface area (Å²) in [6.45, 7) is 6.18. The van der Waals surface area contributed by atoms with E-state index in [1.54, 1.807) is 12.1 Å². The summed E-state index contributed by atoms with van der Waals surface area (Å²) in [5.41, 5.74) is 0.838. The van der Waals surface area contributed by atoms with Gasteiger partial charge in [0.1, 0.15) is 5.82 Å². The number of halogens is 3. The zero-order chi connectivity index (χ0) is 13.7. The van der Waals surface area contributed by atoms with Crippen molar-refractivity contribution in [3.63, 3.8) is 0 Å². The lowest BCUT2D eigenvalue weighted by Gasteiger charge is -2.35. The molecule has 1 N–H and O–H groups in total. The molecule has 0 bridgehead atoms. The average Bonchev–Trinajstić information content (AvgIpc) is 2.44. The van der Waals surface area contributed by atoms with Gasteiger partial charge in [-0.15, -0.1) is 12.4 Å². The minimum atomic E-state index is -0.0807. The Balaban J connectivity index is 0.00000200. The Hall–Kier alpha value is -0.160. The van der Waals surface area contributed by atoms with Crippen molar-refractivity contribution in [3.8, 4) is 0 Å². The maximum Gasteiger partial charge on any atom is 0.128 e. The van der Waals surface area contributed by atoms with E-state index in [-0.39, 0.29) is 24.3 Å². The van der Waals surface area contributed by atoms with Gasteiger partial charge >= 0.3 is 0 Å². The van der Waals surface area contributed by atoms with Crippen molar-refractivity contribution in [3.05, 3.63) is 34.1 Å². The van der Waals surface area contributed by atoms with Crippen LogP contribution in [-0.4, -0.2) is 31.1 Å². The van der Waals surface area contributed by atoms with Gasteiger partial charge in [-0.1, -0.05) is 35.7 Å². The van der Waals surface area contributed by atoms with Crippen molar-refractivity contribution in [1.29, 1.82) is 0 Å². The Morgan fingerprint density at radius 2 is 2.05 bits per heavy atom. The van der Waals surface area contributed by atoms with Crippen molar-refractivity contribution in [2.24, 2.45) is 0 Å². The molecule has 1 saturated heterocycles. The molecule has 1 aromatic rings. The van der Waals surface area contributed by atoms with Gasteiger partial charge in [0, 0.05) is 42.3 Å². The lowest BCUT2D eigenvalue weighted by atomic mass is 9.98. The van der Waals surface area contributed by atoms with Crippen LogP contribution in [0, 0.1) is 5.82 Å². The van der Waals surface area contributed by atoms with Gasteiger partial charge in [-0.3, -0.25) is 4.90 Å². The highest BCUT2D eigenvalue weighted by Crippen LogP contribution is 2.30. The maximum atomic E-state index is 14.1. The van der Waals surface area contributed by atoms with E-state index in [4.69, 9.17) is 0 Å². The number of piperazine rings is 1. The Bertz CT molecular complexity index is 411. The van der Waals surface area contributed by atoms with Gasteiger partial charge in [0.2, 0.25) is 0 Å². The van der Waals surface area contributed by atoms with Crippen molar-refractivity contribution < 1.29 is 4.39 Å². The molecule has 114 valence electrons. The molecule has 1 aliphatic heterocycles. The van der Waals surface area contributed by atoms with Crippen LogP contribution >= 0.6 is 28.3 Å². The summed E-state index contributed by atoms with van der Waals surface area (Å²) in [7, 11) is 0. The molecule has 0 unspecified atom stereocenters. The van der Waals surface area contributed by atoms with Crippen LogP contribution in [-0.2, 0) is 0 Å². The van der Waals surface area contributed by atoms with Gasteiger partial charge in [0.15, 0.2) is 0 Å². The van der Waals surface area contributed by atoms with Crippen LogP contribution in [0.25, 0.3) is 0 Å². The topological polar surface area (TPSA) is 15.3 Å². The average molecular weight is 366 g/mol. The summed E-state index contributed by atoms with van der Waals surface area (Å²) >= 11 is 3.46. The van der Waals surface area contributed by atoms with Gasteiger partial charge in [-0.2, -0.15) is 0 Å². The van der Waals surface area contributed by atoms with Crippen LogP contribution in [0.3, 0.4) is 0 Å². The predicted octanol–water partition coefficient (Wildman–Crippen LogP) is 4.15. The van der Waals surface area contributed by atoms with Gasteiger partial charge in [-0.05, 0) is 24.6 Å². The molecule has 0 saturated carbocycles. The van der Waals surface area contributed by atoms with Crippen LogP contribution in [0.2, 0.25) is 0 Å². The normalized spacial score (nSPS) is 17.6. The SMILES string of the molecule is CCCC[C@@H](c1cc(Br)ccc1F)N1CCNCC1.Cl. The molecule has 0 aliphatic carbocycles. The van der Waals surface area contributed by atoms with Crippen molar-refractivity contribution in [1.82, 2.24) is 10.2 Å². The van der Waals surface area contributed by atoms with Crippen LogP contribution in [0.4, 0.5) is 4.39 Å². The Kier molecular flexibility index (Phi) is 8.03. The fourth-order valence-electron chi connectivity index (χ4n) is 2.70. The molecule has 1 aromatic carbocycles. The first kappa shape index (κ1) is 17.9. The third-order valence-corrected chi connectivity index (χ3v) is 4.23. The molecular weight excluding hydrogens is 343 g/mol. The summed E-state index contributed by atoms with van der Waals surface area (Å²) in [5.74, 6) is -0.0807. The molecule has 5 heteroatoms. The number of rotatable bonds is 5. The molecule has 1 atom stereocenters. The van der Waals surface area contributed by atoms with Crippen LogP contribution in [0.5, 0.6) is 0 Å². The smallest absolute Gasteiger partial charge is 0.128 e. The maximum absolute atomic E-state index is 14.1.